The summed E-state index contributed by atoms with van der Waals surface area (Å²) in [6.45, 7) is 0. The Morgan fingerprint density at radius 1 is 1.25 bits per heavy atom. The van der Waals surface area contributed by atoms with Crippen molar-refractivity contribution >= 4 is 31.6 Å². The molecular weight excluding hydrogens is 313 g/mol. The van der Waals surface area contributed by atoms with Crippen LogP contribution in [0.3, 0.4) is 0 Å². The first-order valence-corrected chi connectivity index (χ1v) is 6.06. The summed E-state index contributed by atoms with van der Waals surface area (Å²) < 4.78 is 58.8. The summed E-state index contributed by atoms with van der Waals surface area (Å²) in [5.41, 5.74) is 3.66. The van der Waals surface area contributed by atoms with Crippen LogP contribution in [0.15, 0.2) is 21.5 Å². The molecule has 0 heterocycles. The van der Waals surface area contributed by atoms with Crippen LogP contribution in [0.2, 0.25) is 0 Å². The highest BCUT2D eigenvalue weighted by Gasteiger charge is 2.35. The van der Waals surface area contributed by atoms with Crippen molar-refractivity contribution in [1.82, 2.24) is 0 Å². The molecule has 4 N–H and O–H groups in total. The Kier molecular flexibility index (Phi) is 3.23. The van der Waals surface area contributed by atoms with E-state index in [-0.39, 0.29) is 5.69 Å². The number of halogens is 4. The summed E-state index contributed by atoms with van der Waals surface area (Å²) in [6, 6.07) is 1.48. The lowest BCUT2D eigenvalue weighted by Crippen LogP contribution is -2.16. The number of hydrogen-bond acceptors (Lipinski definition) is 3. The number of alkyl halides is 3. The second-order valence-corrected chi connectivity index (χ2v) is 5.25. The first kappa shape index (κ1) is 13.3. The highest BCUT2D eigenvalue weighted by molar-refractivity contribution is 9.10. The van der Waals surface area contributed by atoms with Gasteiger partial charge in [0.15, 0.2) is 0 Å². The van der Waals surface area contributed by atoms with Gasteiger partial charge in [0.05, 0.1) is 10.5 Å². The van der Waals surface area contributed by atoms with Gasteiger partial charge in [-0.05, 0) is 28.1 Å². The fraction of sp³-hybridized carbons (Fsp3) is 0.143. The summed E-state index contributed by atoms with van der Waals surface area (Å²) in [6.07, 6.45) is -4.71. The molecule has 4 nitrogen and oxygen atoms in total. The molecule has 1 rings (SSSR count). The molecular formula is C7H6BrF3N2O2S. The van der Waals surface area contributed by atoms with Crippen LogP contribution in [0.25, 0.3) is 0 Å². The second-order valence-electron chi connectivity index (χ2n) is 2.92. The lowest BCUT2D eigenvalue weighted by Gasteiger charge is -2.12. The Bertz CT molecular complexity index is 527. The van der Waals surface area contributed by atoms with Crippen molar-refractivity contribution in [1.29, 1.82) is 0 Å². The number of anilines is 1. The molecule has 0 bridgehead atoms. The average Bonchev–Trinajstić information content (AvgIpc) is 2.04. The van der Waals surface area contributed by atoms with Gasteiger partial charge in [-0.3, -0.25) is 0 Å². The largest absolute Gasteiger partial charge is 0.417 e. The maximum absolute atomic E-state index is 12.5. The molecule has 0 saturated carbocycles. The maximum atomic E-state index is 12.5. The second kappa shape index (κ2) is 3.90. The first-order chi connectivity index (χ1) is 7.03. The van der Waals surface area contributed by atoms with Gasteiger partial charge in [0.25, 0.3) is 0 Å². The zero-order valence-corrected chi connectivity index (χ0v) is 9.95. The third-order valence-corrected chi connectivity index (χ3v) is 3.73. The maximum Gasteiger partial charge on any atom is 0.417 e. The Labute approximate surface area is 97.6 Å². The Balaban J connectivity index is 3.64. The summed E-state index contributed by atoms with van der Waals surface area (Å²) in [5.74, 6) is 0. The molecule has 1 aromatic rings. The standard InChI is InChI=1S/C7H6BrF3N2O2S/c8-6-4(7(9,10)11)1-3(12)2-5(6)16(13,14)15/h1-2H,12H2,(H2,13,14,15). The van der Waals surface area contributed by atoms with E-state index in [9.17, 15) is 21.6 Å². The van der Waals surface area contributed by atoms with Gasteiger partial charge in [-0.15, -0.1) is 0 Å². The van der Waals surface area contributed by atoms with Crippen LogP contribution >= 0.6 is 15.9 Å². The molecule has 0 amide bonds. The molecule has 90 valence electrons. The number of sulfonamides is 1. The van der Waals surface area contributed by atoms with E-state index in [2.05, 4.69) is 15.9 Å². The van der Waals surface area contributed by atoms with Gasteiger partial charge in [-0.2, -0.15) is 13.2 Å². The third kappa shape index (κ3) is 2.66. The van der Waals surface area contributed by atoms with E-state index in [0.29, 0.717) is 6.07 Å². The van der Waals surface area contributed by atoms with E-state index in [1.807, 2.05) is 0 Å². The van der Waals surface area contributed by atoms with Crippen LogP contribution in [0.1, 0.15) is 5.56 Å². The highest BCUT2D eigenvalue weighted by Crippen LogP contribution is 2.39. The SMILES string of the molecule is Nc1cc(C(F)(F)F)c(Br)c(S(N)(=O)=O)c1. The van der Waals surface area contributed by atoms with Gasteiger partial charge in [0, 0.05) is 10.2 Å². The summed E-state index contributed by atoms with van der Waals surface area (Å²) in [7, 11) is -4.27. The summed E-state index contributed by atoms with van der Waals surface area (Å²) in [4.78, 5) is -0.695. The van der Waals surface area contributed by atoms with Crippen molar-refractivity contribution in [3.05, 3.63) is 22.2 Å². The van der Waals surface area contributed by atoms with Gasteiger partial charge in [0.2, 0.25) is 10.0 Å². The molecule has 0 aliphatic rings. The van der Waals surface area contributed by atoms with Crippen LogP contribution < -0.4 is 10.9 Å². The van der Waals surface area contributed by atoms with Crippen molar-refractivity contribution in [2.75, 3.05) is 5.73 Å². The van der Waals surface area contributed by atoms with Crippen molar-refractivity contribution in [3.8, 4) is 0 Å². The molecule has 0 radical (unpaired) electrons. The minimum absolute atomic E-state index is 0.334. The van der Waals surface area contributed by atoms with Crippen LogP contribution in [-0.4, -0.2) is 8.42 Å². The molecule has 0 saturated heterocycles. The summed E-state index contributed by atoms with van der Waals surface area (Å²) in [5, 5.41) is 4.76. The normalized spacial score (nSPS) is 12.8. The van der Waals surface area contributed by atoms with Gasteiger partial charge >= 0.3 is 6.18 Å². The Morgan fingerprint density at radius 2 is 1.75 bits per heavy atom. The van der Waals surface area contributed by atoms with Crippen LogP contribution in [-0.2, 0) is 16.2 Å². The molecule has 0 aliphatic carbocycles. The Morgan fingerprint density at radius 3 is 2.12 bits per heavy atom. The van der Waals surface area contributed by atoms with E-state index in [1.54, 1.807) is 0 Å². The predicted molar refractivity (Wildman–Crippen MR) is 54.9 cm³/mol. The average molecular weight is 319 g/mol. The Hall–Kier alpha value is -0.800. The van der Waals surface area contributed by atoms with Crippen LogP contribution in [0.4, 0.5) is 18.9 Å². The van der Waals surface area contributed by atoms with Crippen molar-refractivity contribution in [2.45, 2.75) is 11.1 Å². The van der Waals surface area contributed by atoms with Gasteiger partial charge < -0.3 is 5.73 Å². The van der Waals surface area contributed by atoms with Gasteiger partial charge in [-0.25, -0.2) is 13.6 Å². The van der Waals surface area contributed by atoms with E-state index in [1.165, 1.54) is 0 Å². The van der Waals surface area contributed by atoms with E-state index in [0.717, 1.165) is 6.07 Å². The molecule has 0 atom stereocenters. The number of hydrogen-bond donors (Lipinski definition) is 2. The zero-order chi connectivity index (χ0) is 12.7. The van der Waals surface area contributed by atoms with Crippen molar-refractivity contribution in [2.24, 2.45) is 5.14 Å². The number of nitrogen functional groups attached to an aromatic ring is 1. The predicted octanol–water partition coefficient (Wildman–Crippen LogP) is 1.70. The number of rotatable bonds is 1. The lowest BCUT2D eigenvalue weighted by atomic mass is 10.2. The monoisotopic (exact) mass is 318 g/mol. The van der Waals surface area contributed by atoms with Crippen LogP contribution in [0.5, 0.6) is 0 Å². The molecule has 16 heavy (non-hydrogen) atoms. The molecule has 0 aromatic heterocycles. The smallest absolute Gasteiger partial charge is 0.399 e. The van der Waals surface area contributed by atoms with E-state index >= 15 is 0 Å². The fourth-order valence-corrected chi connectivity index (χ4v) is 2.82. The minimum atomic E-state index is -4.71. The quantitative estimate of drug-likeness (QED) is 0.773. The van der Waals surface area contributed by atoms with Crippen LogP contribution in [0, 0.1) is 0 Å². The molecule has 0 aliphatic heterocycles. The number of nitrogens with two attached hydrogens (primary N) is 2. The first-order valence-electron chi connectivity index (χ1n) is 3.72. The third-order valence-electron chi connectivity index (χ3n) is 1.67. The highest BCUT2D eigenvalue weighted by atomic mass is 79.9. The molecule has 1 aromatic carbocycles. The van der Waals surface area contributed by atoms with E-state index < -0.39 is 31.1 Å². The van der Waals surface area contributed by atoms with Gasteiger partial charge in [0.1, 0.15) is 0 Å². The minimum Gasteiger partial charge on any atom is -0.399 e. The van der Waals surface area contributed by atoms with E-state index in [4.69, 9.17) is 10.9 Å². The summed E-state index contributed by atoms with van der Waals surface area (Å²) >= 11 is 2.55. The lowest BCUT2D eigenvalue weighted by molar-refractivity contribution is -0.138. The topological polar surface area (TPSA) is 86.2 Å². The van der Waals surface area contributed by atoms with Crippen molar-refractivity contribution < 1.29 is 21.6 Å². The molecule has 0 spiro atoms. The zero-order valence-electron chi connectivity index (χ0n) is 7.55. The van der Waals surface area contributed by atoms with Gasteiger partial charge in [-0.1, -0.05) is 0 Å². The number of primary sulfonamides is 1. The number of benzene rings is 1. The molecule has 0 fully saturated rings. The molecule has 9 heteroatoms. The fourth-order valence-electron chi connectivity index (χ4n) is 1.03. The van der Waals surface area contributed by atoms with Crippen molar-refractivity contribution in [3.63, 3.8) is 0 Å². The molecule has 0 unspecified atom stereocenters.